The second kappa shape index (κ2) is 55.4. The van der Waals surface area contributed by atoms with Crippen molar-refractivity contribution in [1.29, 1.82) is 0 Å². The SMILES string of the molecule is CCCCC/C=C/C/C=C/CCCCCCCCCCCC(=O)OC[C@@H](COC(=O)CCCCCCC/C=C/C/C=C/CCCCC)OC(=O)CCCCCCC/C=C/C/C=C/CCCCC. The summed E-state index contributed by atoms with van der Waals surface area (Å²) in [7, 11) is 0. The van der Waals surface area contributed by atoms with Crippen LogP contribution < -0.4 is 0 Å². The Hall–Kier alpha value is -3.15. The molecule has 386 valence electrons. The minimum absolute atomic E-state index is 0.0876. The fraction of sp³-hybridized carbons (Fsp3) is 0.754. The van der Waals surface area contributed by atoms with E-state index in [1.54, 1.807) is 0 Å². The predicted octanol–water partition coefficient (Wildman–Crippen LogP) is 19.0. The summed E-state index contributed by atoms with van der Waals surface area (Å²) >= 11 is 0. The second-order valence-corrected chi connectivity index (χ2v) is 18.8. The van der Waals surface area contributed by atoms with Crippen LogP contribution in [0.3, 0.4) is 0 Å². The fourth-order valence-electron chi connectivity index (χ4n) is 7.83. The van der Waals surface area contributed by atoms with Crippen LogP contribution in [0, 0.1) is 0 Å². The Morgan fingerprint density at radius 3 is 0.821 bits per heavy atom. The minimum Gasteiger partial charge on any atom is -0.462 e. The van der Waals surface area contributed by atoms with Gasteiger partial charge < -0.3 is 14.2 Å². The second-order valence-electron chi connectivity index (χ2n) is 18.8. The van der Waals surface area contributed by atoms with E-state index in [4.69, 9.17) is 14.2 Å². The van der Waals surface area contributed by atoms with Gasteiger partial charge in [-0.05, 0) is 116 Å². The molecule has 0 saturated carbocycles. The van der Waals surface area contributed by atoms with E-state index in [0.717, 1.165) is 109 Å². The molecule has 0 amide bonds. The van der Waals surface area contributed by atoms with Crippen molar-refractivity contribution >= 4 is 17.9 Å². The first-order valence-electron chi connectivity index (χ1n) is 28.4. The van der Waals surface area contributed by atoms with Gasteiger partial charge in [0.2, 0.25) is 0 Å². The monoisotopic (exact) mass is 935 g/mol. The van der Waals surface area contributed by atoms with Crippen molar-refractivity contribution in [3.63, 3.8) is 0 Å². The first kappa shape index (κ1) is 63.8. The Morgan fingerprint density at radius 1 is 0.299 bits per heavy atom. The van der Waals surface area contributed by atoms with E-state index in [0.29, 0.717) is 19.3 Å². The number of allylic oxidation sites excluding steroid dienone is 12. The molecule has 0 heterocycles. The number of hydrogen-bond donors (Lipinski definition) is 0. The number of carbonyl (C=O) groups is 3. The van der Waals surface area contributed by atoms with Gasteiger partial charge >= 0.3 is 17.9 Å². The summed E-state index contributed by atoms with van der Waals surface area (Å²) in [5, 5.41) is 0. The molecule has 0 spiro atoms. The number of ether oxygens (including phenoxy) is 3. The van der Waals surface area contributed by atoms with Crippen LogP contribution in [0.25, 0.3) is 0 Å². The first-order valence-corrected chi connectivity index (χ1v) is 28.4. The molecule has 1 atom stereocenters. The number of carbonyl (C=O) groups excluding carboxylic acids is 3. The maximum atomic E-state index is 12.8. The van der Waals surface area contributed by atoms with Gasteiger partial charge in [-0.25, -0.2) is 0 Å². The van der Waals surface area contributed by atoms with Crippen LogP contribution in [0.4, 0.5) is 0 Å². The molecule has 0 unspecified atom stereocenters. The highest BCUT2D eigenvalue weighted by Gasteiger charge is 2.19. The third kappa shape index (κ3) is 53.7. The zero-order valence-corrected chi connectivity index (χ0v) is 44.2. The van der Waals surface area contributed by atoms with Crippen molar-refractivity contribution in [3.05, 3.63) is 72.9 Å². The Kier molecular flexibility index (Phi) is 52.8. The number of unbranched alkanes of at least 4 members (excludes halogenated alkanes) is 28. The lowest BCUT2D eigenvalue weighted by Gasteiger charge is -2.18. The highest BCUT2D eigenvalue weighted by molar-refractivity contribution is 5.71. The summed E-state index contributed by atoms with van der Waals surface area (Å²) in [6, 6.07) is 0. The molecule has 67 heavy (non-hydrogen) atoms. The zero-order valence-electron chi connectivity index (χ0n) is 44.2. The Bertz CT molecular complexity index is 1260. The molecule has 0 aromatic carbocycles. The van der Waals surface area contributed by atoms with Crippen LogP contribution in [0.15, 0.2) is 72.9 Å². The van der Waals surface area contributed by atoms with Gasteiger partial charge in [0, 0.05) is 19.3 Å². The predicted molar refractivity (Wildman–Crippen MR) is 288 cm³/mol. The van der Waals surface area contributed by atoms with Gasteiger partial charge in [-0.15, -0.1) is 0 Å². The molecule has 0 radical (unpaired) electrons. The summed E-state index contributed by atoms with van der Waals surface area (Å²) in [6.45, 7) is 6.55. The van der Waals surface area contributed by atoms with E-state index >= 15 is 0 Å². The van der Waals surface area contributed by atoms with Crippen molar-refractivity contribution in [2.75, 3.05) is 13.2 Å². The molecular formula is C61H106O6. The quantitative estimate of drug-likeness (QED) is 0.0262. The normalized spacial score (nSPS) is 12.6. The zero-order chi connectivity index (χ0) is 48.6. The highest BCUT2D eigenvalue weighted by Crippen LogP contribution is 2.15. The van der Waals surface area contributed by atoms with Crippen molar-refractivity contribution in [2.45, 2.75) is 284 Å². The first-order chi connectivity index (χ1) is 33.0. The van der Waals surface area contributed by atoms with Gasteiger partial charge in [0.05, 0.1) is 0 Å². The summed E-state index contributed by atoms with van der Waals surface area (Å²) in [6.07, 6.45) is 70.2. The number of hydrogen-bond acceptors (Lipinski definition) is 6. The standard InChI is InChI=1S/C61H106O6/c1-4-7-10-13-16-19-22-25-28-29-30-31-34-36-39-42-45-48-51-54-60(63)66-57-58(67-61(64)55-52-49-46-43-40-37-33-27-24-21-18-15-12-9-6-3)56-65-59(62)53-50-47-44-41-38-35-32-26-23-20-17-14-11-8-5-2/h16-21,25-28,32-33,58H,4-15,22-24,29-31,34-57H2,1-3H3/b19-16+,20-17+,21-18+,28-25+,32-26+,33-27+/t58-/m1/s1. The smallest absolute Gasteiger partial charge is 0.306 e. The molecule has 0 aromatic rings. The molecule has 6 nitrogen and oxygen atoms in total. The molecule has 0 fully saturated rings. The molecule has 0 aliphatic rings. The van der Waals surface area contributed by atoms with Crippen LogP contribution >= 0.6 is 0 Å². The molecular weight excluding hydrogens is 829 g/mol. The summed E-state index contributed by atoms with van der Waals surface area (Å²) < 4.78 is 16.8. The topological polar surface area (TPSA) is 78.9 Å². The third-order valence-electron chi connectivity index (χ3n) is 12.2. The Morgan fingerprint density at radius 2 is 0.537 bits per heavy atom. The van der Waals surface area contributed by atoms with Crippen LogP contribution in [-0.2, 0) is 28.6 Å². The molecule has 0 bridgehead atoms. The summed E-state index contributed by atoms with van der Waals surface area (Å²) in [5.74, 6) is -0.913. The van der Waals surface area contributed by atoms with Gasteiger partial charge in [-0.1, -0.05) is 216 Å². The van der Waals surface area contributed by atoms with Crippen molar-refractivity contribution in [1.82, 2.24) is 0 Å². The molecule has 0 saturated heterocycles. The van der Waals surface area contributed by atoms with Crippen molar-refractivity contribution in [3.8, 4) is 0 Å². The van der Waals surface area contributed by atoms with E-state index in [2.05, 4.69) is 93.7 Å². The average molecular weight is 936 g/mol. The molecule has 0 N–H and O–H groups in total. The Balaban J connectivity index is 4.41. The van der Waals surface area contributed by atoms with Crippen molar-refractivity contribution < 1.29 is 28.6 Å². The van der Waals surface area contributed by atoms with Gasteiger partial charge in [0.1, 0.15) is 13.2 Å². The van der Waals surface area contributed by atoms with E-state index < -0.39 is 6.10 Å². The van der Waals surface area contributed by atoms with Crippen LogP contribution in [0.2, 0.25) is 0 Å². The molecule has 0 aliphatic carbocycles. The van der Waals surface area contributed by atoms with E-state index in [1.165, 1.54) is 128 Å². The fourth-order valence-corrected chi connectivity index (χ4v) is 7.83. The highest BCUT2D eigenvalue weighted by atomic mass is 16.6. The molecule has 0 aliphatic heterocycles. The molecule has 6 heteroatoms. The maximum absolute atomic E-state index is 12.8. The lowest BCUT2D eigenvalue weighted by atomic mass is 10.1. The van der Waals surface area contributed by atoms with E-state index in [1.807, 2.05) is 0 Å². The average Bonchev–Trinajstić information content (AvgIpc) is 3.33. The van der Waals surface area contributed by atoms with Crippen LogP contribution in [-0.4, -0.2) is 37.2 Å². The number of rotatable bonds is 51. The van der Waals surface area contributed by atoms with E-state index in [-0.39, 0.29) is 31.1 Å². The number of esters is 3. The van der Waals surface area contributed by atoms with Gasteiger partial charge in [-0.3, -0.25) is 14.4 Å². The lowest BCUT2D eigenvalue weighted by Crippen LogP contribution is -2.30. The summed E-state index contributed by atoms with van der Waals surface area (Å²) in [4.78, 5) is 38.1. The van der Waals surface area contributed by atoms with E-state index in [9.17, 15) is 14.4 Å². The van der Waals surface area contributed by atoms with Crippen LogP contribution in [0.1, 0.15) is 278 Å². The van der Waals surface area contributed by atoms with Gasteiger partial charge in [0.15, 0.2) is 6.10 Å². The molecule has 0 rings (SSSR count). The lowest BCUT2D eigenvalue weighted by molar-refractivity contribution is -0.167. The Labute approximate surface area is 414 Å². The summed E-state index contributed by atoms with van der Waals surface area (Å²) in [5.41, 5.74) is 0. The third-order valence-corrected chi connectivity index (χ3v) is 12.2. The molecule has 0 aromatic heterocycles. The van der Waals surface area contributed by atoms with Crippen molar-refractivity contribution in [2.24, 2.45) is 0 Å². The minimum atomic E-state index is -0.791. The van der Waals surface area contributed by atoms with Crippen LogP contribution in [0.5, 0.6) is 0 Å². The van der Waals surface area contributed by atoms with Gasteiger partial charge in [-0.2, -0.15) is 0 Å². The largest absolute Gasteiger partial charge is 0.462 e. The maximum Gasteiger partial charge on any atom is 0.306 e. The van der Waals surface area contributed by atoms with Gasteiger partial charge in [0.25, 0.3) is 0 Å².